The predicted octanol–water partition coefficient (Wildman–Crippen LogP) is 5.33. The fourth-order valence-electron chi connectivity index (χ4n) is 6.08. The highest BCUT2D eigenvalue weighted by atomic mass is 16.4. The Bertz CT molecular complexity index is 1000. The molecule has 1 saturated heterocycles. The van der Waals surface area contributed by atoms with Gasteiger partial charge in [-0.05, 0) is 69.6 Å². The van der Waals surface area contributed by atoms with Gasteiger partial charge in [-0.2, -0.15) is 4.98 Å². The number of nitrogens with one attached hydrogen (secondary N) is 1. The summed E-state index contributed by atoms with van der Waals surface area (Å²) in [5.41, 5.74) is 1.40. The van der Waals surface area contributed by atoms with Crippen molar-refractivity contribution in [3.8, 4) is 0 Å². The van der Waals surface area contributed by atoms with Crippen LogP contribution in [0.5, 0.6) is 0 Å². The lowest BCUT2D eigenvalue weighted by Crippen LogP contribution is -2.33. The van der Waals surface area contributed by atoms with Gasteiger partial charge in [0.05, 0.1) is 0 Å². The molecule has 0 spiro atoms. The highest BCUT2D eigenvalue weighted by Crippen LogP contribution is 2.36. The Morgan fingerprint density at radius 2 is 1.71 bits per heavy atom. The summed E-state index contributed by atoms with van der Waals surface area (Å²) >= 11 is 0. The molecule has 3 aliphatic rings. The van der Waals surface area contributed by atoms with Crippen molar-refractivity contribution in [2.75, 3.05) is 23.3 Å². The van der Waals surface area contributed by atoms with Gasteiger partial charge in [-0.25, -0.2) is 14.8 Å². The summed E-state index contributed by atoms with van der Waals surface area (Å²) in [5, 5.41) is 13.3. The maximum Gasteiger partial charge on any atom is 0.374 e. The van der Waals surface area contributed by atoms with E-state index < -0.39 is 5.97 Å². The van der Waals surface area contributed by atoms with Gasteiger partial charge in [-0.15, -0.1) is 0 Å². The highest BCUT2D eigenvalue weighted by Gasteiger charge is 2.30. The minimum absolute atomic E-state index is 0.172. The molecule has 2 aromatic rings. The number of nitrogens with zero attached hydrogens (tertiary/aromatic N) is 5. The molecule has 3 heterocycles. The van der Waals surface area contributed by atoms with Crippen LogP contribution in [0.4, 0.5) is 11.8 Å². The number of aromatic carboxylic acids is 1. The molecule has 0 radical (unpaired) electrons. The van der Waals surface area contributed by atoms with E-state index in [-0.39, 0.29) is 11.9 Å². The lowest BCUT2D eigenvalue weighted by molar-refractivity contribution is 0.0684. The van der Waals surface area contributed by atoms with Crippen molar-refractivity contribution in [3.63, 3.8) is 0 Å². The van der Waals surface area contributed by atoms with Crippen molar-refractivity contribution >= 4 is 28.9 Å². The van der Waals surface area contributed by atoms with E-state index in [1.165, 1.54) is 70.6 Å². The predicted molar refractivity (Wildman–Crippen MR) is 135 cm³/mol. The van der Waals surface area contributed by atoms with E-state index in [9.17, 15) is 9.90 Å². The minimum Gasteiger partial charge on any atom is -0.475 e. The third kappa shape index (κ3) is 4.73. The quantitative estimate of drug-likeness (QED) is 0.540. The van der Waals surface area contributed by atoms with Gasteiger partial charge >= 0.3 is 5.97 Å². The summed E-state index contributed by atoms with van der Waals surface area (Å²) in [6.45, 7) is 7.39. The van der Waals surface area contributed by atoms with Gasteiger partial charge in [-0.1, -0.05) is 32.6 Å². The second-order valence-corrected chi connectivity index (χ2v) is 10.9. The maximum absolute atomic E-state index is 11.9. The van der Waals surface area contributed by atoms with Gasteiger partial charge < -0.3 is 19.9 Å². The Morgan fingerprint density at radius 1 is 1.00 bits per heavy atom. The van der Waals surface area contributed by atoms with Crippen LogP contribution >= 0.6 is 0 Å². The molecule has 2 saturated carbocycles. The zero-order valence-electron chi connectivity index (χ0n) is 20.8. The lowest BCUT2D eigenvalue weighted by atomic mass is 9.80. The van der Waals surface area contributed by atoms with E-state index in [1.807, 2.05) is 0 Å². The molecule has 0 aromatic carbocycles. The molecule has 1 unspecified atom stereocenters. The highest BCUT2D eigenvalue weighted by molar-refractivity contribution is 5.91. The van der Waals surface area contributed by atoms with Crippen molar-refractivity contribution < 1.29 is 9.90 Å². The molecule has 186 valence electrons. The number of rotatable bonds is 8. The molecule has 2 aliphatic carbocycles. The van der Waals surface area contributed by atoms with Gasteiger partial charge in [0.25, 0.3) is 0 Å². The third-order valence-corrected chi connectivity index (χ3v) is 8.62. The number of carboxylic acid groups (broad SMARTS) is 1. The average Bonchev–Trinajstić information content (AvgIpc) is 3.17. The number of aromatic nitrogens is 4. The minimum atomic E-state index is -1.10. The number of hydrogen-bond donors (Lipinski definition) is 2. The van der Waals surface area contributed by atoms with Gasteiger partial charge in [0.2, 0.25) is 11.8 Å². The van der Waals surface area contributed by atoms with Crippen molar-refractivity contribution in [1.82, 2.24) is 19.5 Å². The smallest absolute Gasteiger partial charge is 0.374 e. The van der Waals surface area contributed by atoms with E-state index in [1.54, 1.807) is 0 Å². The van der Waals surface area contributed by atoms with Crippen LogP contribution in [-0.2, 0) is 6.54 Å². The second-order valence-electron chi connectivity index (χ2n) is 10.9. The van der Waals surface area contributed by atoms with Gasteiger partial charge in [-0.3, -0.25) is 0 Å². The molecular weight excluding hydrogens is 428 g/mol. The van der Waals surface area contributed by atoms with Crippen LogP contribution in [0.3, 0.4) is 0 Å². The zero-order chi connectivity index (χ0) is 23.7. The van der Waals surface area contributed by atoms with Gasteiger partial charge in [0.1, 0.15) is 5.52 Å². The molecule has 8 nitrogen and oxygen atoms in total. The normalized spacial score (nSPS) is 24.7. The Kier molecular flexibility index (Phi) is 6.93. The van der Waals surface area contributed by atoms with Gasteiger partial charge in [0.15, 0.2) is 11.5 Å². The summed E-state index contributed by atoms with van der Waals surface area (Å²) in [4.78, 5) is 28.1. The molecule has 0 bridgehead atoms. The summed E-state index contributed by atoms with van der Waals surface area (Å²) in [6, 6.07) is 0.246. The number of hydrogen-bond acceptors (Lipinski definition) is 6. The molecule has 1 aliphatic heterocycles. The van der Waals surface area contributed by atoms with Crippen LogP contribution in [0.25, 0.3) is 11.2 Å². The number of anilines is 2. The molecule has 0 amide bonds. The Hall–Kier alpha value is -2.38. The number of fused-ring (bicyclic) bond motifs is 1. The molecule has 1 atom stereocenters. The molecule has 2 aromatic heterocycles. The Morgan fingerprint density at radius 3 is 2.32 bits per heavy atom. The largest absolute Gasteiger partial charge is 0.475 e. The summed E-state index contributed by atoms with van der Waals surface area (Å²) in [6.07, 6.45) is 13.7. The first-order valence-electron chi connectivity index (χ1n) is 13.6. The number of imidazole rings is 1. The van der Waals surface area contributed by atoms with Crippen molar-refractivity contribution in [3.05, 3.63) is 5.82 Å². The Balaban J connectivity index is 1.55. The molecule has 3 fully saturated rings. The fraction of sp³-hybridized carbons (Fsp3) is 0.769. The molecule has 5 rings (SSSR count). The summed E-state index contributed by atoms with van der Waals surface area (Å²) in [7, 11) is 0. The van der Waals surface area contributed by atoms with E-state index in [2.05, 4.69) is 38.6 Å². The maximum atomic E-state index is 11.9. The zero-order valence-corrected chi connectivity index (χ0v) is 20.8. The summed E-state index contributed by atoms with van der Waals surface area (Å²) < 4.78 is 2.33. The van der Waals surface area contributed by atoms with Crippen LogP contribution < -0.4 is 10.2 Å². The first kappa shape index (κ1) is 23.4. The molecule has 8 heteroatoms. The van der Waals surface area contributed by atoms with Crippen LogP contribution in [-0.4, -0.2) is 49.7 Å². The molecule has 34 heavy (non-hydrogen) atoms. The topological polar surface area (TPSA) is 96.2 Å². The summed E-state index contributed by atoms with van der Waals surface area (Å²) in [5.74, 6) is 2.39. The van der Waals surface area contributed by atoms with E-state index in [4.69, 9.17) is 4.98 Å². The van der Waals surface area contributed by atoms with Crippen LogP contribution in [0, 0.1) is 17.8 Å². The van der Waals surface area contributed by atoms with Crippen molar-refractivity contribution in [1.29, 1.82) is 0 Å². The second kappa shape index (κ2) is 10.1. The first-order valence-corrected chi connectivity index (χ1v) is 13.6. The van der Waals surface area contributed by atoms with Crippen LogP contribution in [0.1, 0.15) is 95.1 Å². The lowest BCUT2D eigenvalue weighted by Gasteiger charge is -2.33. The third-order valence-electron chi connectivity index (χ3n) is 8.62. The molecular formula is C26H40N6O2. The van der Waals surface area contributed by atoms with Crippen molar-refractivity contribution in [2.45, 2.75) is 97.1 Å². The number of carbonyl (C=O) groups is 1. The monoisotopic (exact) mass is 468 g/mol. The van der Waals surface area contributed by atoms with Gasteiger partial charge in [0, 0.05) is 25.7 Å². The van der Waals surface area contributed by atoms with Crippen molar-refractivity contribution in [2.24, 2.45) is 17.8 Å². The average molecular weight is 469 g/mol. The standard InChI is InChI=1S/C26H40N6O2/c1-3-18-10-12-19(13-11-18)16-32-21-22(27-17(2)20-8-7-9-20)28-24(25(33)34)29-23(21)30-26(32)31-14-5-4-6-15-31/h17-20H,3-16H2,1-2H3,(H,33,34)(H,27,28,29). The van der Waals surface area contributed by atoms with E-state index in [0.29, 0.717) is 23.3 Å². The SMILES string of the molecule is CCC1CCC(Cn2c(N3CCCCC3)nc3nc(C(=O)O)nc(NC(C)C4CCC4)c32)CC1. The first-order chi connectivity index (χ1) is 16.5. The van der Waals surface area contributed by atoms with Crippen LogP contribution in [0.2, 0.25) is 0 Å². The van der Waals surface area contributed by atoms with E-state index in [0.717, 1.165) is 37.0 Å². The van der Waals surface area contributed by atoms with Crippen LogP contribution in [0.15, 0.2) is 0 Å². The number of piperidine rings is 1. The number of carboxylic acids is 1. The Labute approximate surface area is 202 Å². The fourth-order valence-corrected chi connectivity index (χ4v) is 6.08. The molecule has 2 N–H and O–H groups in total. The van der Waals surface area contributed by atoms with E-state index >= 15 is 0 Å².